The maximum absolute atomic E-state index is 12.4. The molecule has 20 heavy (non-hydrogen) atoms. The van der Waals surface area contributed by atoms with E-state index in [0.717, 1.165) is 17.5 Å². The Morgan fingerprint density at radius 3 is 2.35 bits per heavy atom. The molecule has 0 amide bonds. The molecule has 0 spiro atoms. The van der Waals surface area contributed by atoms with Crippen LogP contribution in [0.4, 0.5) is 0 Å². The molecular weight excluding hydrogens is 272 g/mol. The molecule has 1 saturated heterocycles. The first-order chi connectivity index (χ1) is 9.42. The summed E-state index contributed by atoms with van der Waals surface area (Å²) in [6.07, 6.45) is 0.975. The predicted molar refractivity (Wildman–Crippen MR) is 81.5 cm³/mol. The highest BCUT2D eigenvalue weighted by Crippen LogP contribution is 2.26. The van der Waals surface area contributed by atoms with Gasteiger partial charge in [0, 0.05) is 19.6 Å². The second-order valence-corrected chi connectivity index (χ2v) is 7.90. The fraction of sp³-hybridized carbons (Fsp3) is 0.600. The van der Waals surface area contributed by atoms with Gasteiger partial charge in [0.15, 0.2) is 0 Å². The molecule has 112 valence electrons. The van der Waals surface area contributed by atoms with Gasteiger partial charge in [-0.15, -0.1) is 0 Å². The molecule has 1 aliphatic rings. The Kier molecular flexibility index (Phi) is 4.83. The zero-order valence-corrected chi connectivity index (χ0v) is 13.1. The minimum atomic E-state index is -3.20. The summed E-state index contributed by atoms with van der Waals surface area (Å²) in [5, 5.41) is 0. The highest BCUT2D eigenvalue weighted by atomic mass is 32.2. The van der Waals surface area contributed by atoms with Crippen LogP contribution in [0.5, 0.6) is 0 Å². The molecule has 2 rings (SSSR count). The minimum Gasteiger partial charge on any atom is -0.326 e. The van der Waals surface area contributed by atoms with Crippen molar-refractivity contribution in [3.63, 3.8) is 0 Å². The van der Waals surface area contributed by atoms with Crippen molar-refractivity contribution in [2.75, 3.05) is 13.1 Å². The number of rotatable bonds is 5. The molecule has 0 radical (unpaired) electrons. The van der Waals surface area contributed by atoms with Gasteiger partial charge in [0.1, 0.15) is 0 Å². The average Bonchev–Trinajstić information content (AvgIpc) is 2.90. The van der Waals surface area contributed by atoms with E-state index in [1.54, 1.807) is 4.31 Å². The van der Waals surface area contributed by atoms with Crippen LogP contribution >= 0.6 is 0 Å². The van der Waals surface area contributed by atoms with E-state index in [9.17, 15) is 8.42 Å². The van der Waals surface area contributed by atoms with Gasteiger partial charge in [0.2, 0.25) is 10.0 Å². The van der Waals surface area contributed by atoms with Gasteiger partial charge in [0.05, 0.1) is 5.75 Å². The third kappa shape index (κ3) is 3.59. The highest BCUT2D eigenvalue weighted by Gasteiger charge is 2.32. The third-order valence-electron chi connectivity index (χ3n) is 4.13. The molecule has 1 aliphatic heterocycles. The lowest BCUT2D eigenvalue weighted by molar-refractivity contribution is 0.388. The third-order valence-corrected chi connectivity index (χ3v) is 5.95. The lowest BCUT2D eigenvalue weighted by Crippen LogP contribution is -2.30. The smallest absolute Gasteiger partial charge is 0.218 e. The molecule has 0 bridgehead atoms. The zero-order chi connectivity index (χ0) is 14.8. The molecule has 0 saturated carbocycles. The van der Waals surface area contributed by atoms with E-state index in [1.807, 2.05) is 24.3 Å². The Hall–Kier alpha value is -0.910. The average molecular weight is 296 g/mol. The molecule has 0 aromatic heterocycles. The zero-order valence-electron chi connectivity index (χ0n) is 12.2. The predicted octanol–water partition coefficient (Wildman–Crippen LogP) is 1.95. The number of benzene rings is 1. The van der Waals surface area contributed by atoms with E-state index in [0.29, 0.717) is 31.5 Å². The van der Waals surface area contributed by atoms with Crippen molar-refractivity contribution < 1.29 is 8.42 Å². The first-order valence-corrected chi connectivity index (χ1v) is 8.79. The van der Waals surface area contributed by atoms with Crippen molar-refractivity contribution in [2.45, 2.75) is 32.6 Å². The largest absolute Gasteiger partial charge is 0.326 e. The quantitative estimate of drug-likeness (QED) is 0.903. The Morgan fingerprint density at radius 2 is 1.85 bits per heavy atom. The van der Waals surface area contributed by atoms with Crippen LogP contribution in [0.1, 0.15) is 31.4 Å². The maximum Gasteiger partial charge on any atom is 0.218 e. The molecule has 2 N–H and O–H groups in total. The number of nitrogens with two attached hydrogens (primary N) is 1. The van der Waals surface area contributed by atoms with E-state index in [4.69, 9.17) is 5.73 Å². The van der Waals surface area contributed by atoms with Gasteiger partial charge in [-0.2, -0.15) is 0 Å². The van der Waals surface area contributed by atoms with Gasteiger partial charge in [-0.3, -0.25) is 0 Å². The number of hydrogen-bond donors (Lipinski definition) is 1. The topological polar surface area (TPSA) is 63.4 Å². The summed E-state index contributed by atoms with van der Waals surface area (Å²) >= 11 is 0. The van der Waals surface area contributed by atoms with Gasteiger partial charge < -0.3 is 5.73 Å². The van der Waals surface area contributed by atoms with Crippen LogP contribution in [0.15, 0.2) is 24.3 Å². The van der Waals surface area contributed by atoms with E-state index >= 15 is 0 Å². The van der Waals surface area contributed by atoms with Crippen molar-refractivity contribution in [1.29, 1.82) is 0 Å². The summed E-state index contributed by atoms with van der Waals surface area (Å²) in [4.78, 5) is 0. The van der Waals surface area contributed by atoms with Crippen LogP contribution in [0, 0.1) is 11.8 Å². The number of hydrogen-bond acceptors (Lipinski definition) is 3. The second kappa shape index (κ2) is 6.24. The maximum atomic E-state index is 12.4. The van der Waals surface area contributed by atoms with Gasteiger partial charge in [-0.1, -0.05) is 38.1 Å². The molecule has 0 aliphatic carbocycles. The Bertz CT molecular complexity index is 537. The second-order valence-electron chi connectivity index (χ2n) is 5.93. The highest BCUT2D eigenvalue weighted by molar-refractivity contribution is 7.88. The Balaban J connectivity index is 2.04. The van der Waals surface area contributed by atoms with Crippen LogP contribution in [0.25, 0.3) is 0 Å². The number of nitrogens with zero attached hydrogens (tertiary/aromatic N) is 1. The normalized spacial score (nSPS) is 20.7. The van der Waals surface area contributed by atoms with Crippen LogP contribution in [0.2, 0.25) is 0 Å². The molecular formula is C15H24N2O2S. The lowest BCUT2D eigenvalue weighted by atomic mass is 9.96. The first kappa shape index (κ1) is 15.5. The summed E-state index contributed by atoms with van der Waals surface area (Å²) < 4.78 is 26.5. The first-order valence-electron chi connectivity index (χ1n) is 7.18. The molecule has 1 atom stereocenters. The van der Waals surface area contributed by atoms with Crippen LogP contribution in [0.3, 0.4) is 0 Å². The molecule has 1 aromatic rings. The molecule has 1 unspecified atom stereocenters. The van der Waals surface area contributed by atoms with Crippen LogP contribution < -0.4 is 5.73 Å². The van der Waals surface area contributed by atoms with Crippen molar-refractivity contribution in [2.24, 2.45) is 17.6 Å². The summed E-state index contributed by atoms with van der Waals surface area (Å²) in [6, 6.07) is 7.50. The van der Waals surface area contributed by atoms with Crippen molar-refractivity contribution in [1.82, 2.24) is 4.31 Å². The summed E-state index contributed by atoms with van der Waals surface area (Å²) in [5.41, 5.74) is 7.39. The van der Waals surface area contributed by atoms with Crippen molar-refractivity contribution >= 4 is 10.0 Å². The van der Waals surface area contributed by atoms with Gasteiger partial charge >= 0.3 is 0 Å². The van der Waals surface area contributed by atoms with E-state index < -0.39 is 10.0 Å². The van der Waals surface area contributed by atoms with E-state index in [2.05, 4.69) is 13.8 Å². The summed E-state index contributed by atoms with van der Waals surface area (Å²) in [7, 11) is -3.20. The Labute approximate surface area is 122 Å². The molecule has 5 heteroatoms. The van der Waals surface area contributed by atoms with Crippen LogP contribution in [-0.4, -0.2) is 25.8 Å². The fourth-order valence-corrected chi connectivity index (χ4v) is 4.22. The van der Waals surface area contributed by atoms with E-state index in [1.165, 1.54) is 0 Å². The minimum absolute atomic E-state index is 0.0860. The SMILES string of the molecule is CC(C)C1CCN(S(=O)(=O)Cc2ccc(CN)cc2)C1. The van der Waals surface area contributed by atoms with Gasteiger partial charge in [0.25, 0.3) is 0 Å². The summed E-state index contributed by atoms with van der Waals surface area (Å²) in [5.74, 6) is 1.12. The standard InChI is InChI=1S/C15H24N2O2S/c1-12(2)15-7-8-17(10-15)20(18,19)11-14-5-3-13(9-16)4-6-14/h3-6,12,15H,7-11,16H2,1-2H3. The molecule has 1 heterocycles. The monoisotopic (exact) mass is 296 g/mol. The van der Waals surface area contributed by atoms with E-state index in [-0.39, 0.29) is 5.75 Å². The Morgan fingerprint density at radius 1 is 1.25 bits per heavy atom. The van der Waals surface area contributed by atoms with Crippen molar-refractivity contribution in [3.8, 4) is 0 Å². The molecule has 1 aromatic carbocycles. The molecule has 1 fully saturated rings. The van der Waals surface area contributed by atoms with Crippen LogP contribution in [-0.2, 0) is 22.3 Å². The summed E-state index contributed by atoms with van der Waals surface area (Å²) in [6.45, 7) is 6.13. The molecule has 4 nitrogen and oxygen atoms in total. The van der Waals surface area contributed by atoms with Gasteiger partial charge in [-0.25, -0.2) is 12.7 Å². The number of sulfonamides is 1. The lowest BCUT2D eigenvalue weighted by Gasteiger charge is -2.18. The van der Waals surface area contributed by atoms with Gasteiger partial charge in [-0.05, 0) is 29.4 Å². The fourth-order valence-electron chi connectivity index (χ4n) is 2.62. The van der Waals surface area contributed by atoms with Crippen molar-refractivity contribution in [3.05, 3.63) is 35.4 Å².